The van der Waals surface area contributed by atoms with Crippen LogP contribution in [0.1, 0.15) is 41.5 Å². The van der Waals surface area contributed by atoms with Crippen LogP contribution in [0, 0.1) is 6.57 Å². The van der Waals surface area contributed by atoms with Gasteiger partial charge in [0.15, 0.2) is 0 Å². The lowest BCUT2D eigenvalue weighted by molar-refractivity contribution is 1.03. The summed E-state index contributed by atoms with van der Waals surface area (Å²) >= 11 is 0. The first-order valence-electron chi connectivity index (χ1n) is 5.39. The highest BCUT2D eigenvalue weighted by atomic mass is 15.1. The first-order chi connectivity index (χ1) is 7.41. The number of aromatic nitrogens is 2. The van der Waals surface area contributed by atoms with Gasteiger partial charge in [-0.15, -0.1) is 0 Å². The fourth-order valence-electron chi connectivity index (χ4n) is 0.253. The summed E-state index contributed by atoms with van der Waals surface area (Å²) in [5.41, 5.74) is 0. The predicted octanol–water partition coefficient (Wildman–Crippen LogP) is 4.09. The smallest absolute Gasteiger partial charge is 0.205 e. The summed E-state index contributed by atoms with van der Waals surface area (Å²) in [6.07, 6.45) is 3.28. The van der Waals surface area contributed by atoms with Gasteiger partial charge in [0.1, 0.15) is 0 Å². The van der Waals surface area contributed by atoms with Gasteiger partial charge in [0.05, 0.1) is 0 Å². The van der Waals surface area contributed by atoms with Crippen LogP contribution in [-0.2, 0) is 0 Å². The fraction of sp³-hybridized carbons (Fsp3) is 0.583. The van der Waals surface area contributed by atoms with Crippen LogP contribution in [-0.4, -0.2) is 17.2 Å². The van der Waals surface area contributed by atoms with Gasteiger partial charge in [-0.05, 0) is 12.1 Å². The Morgan fingerprint density at radius 2 is 1.00 bits per heavy atom. The molecule has 15 heavy (non-hydrogen) atoms. The summed E-state index contributed by atoms with van der Waals surface area (Å²) in [6.45, 7) is 17.8. The molecule has 0 saturated heterocycles. The second-order valence-electron chi connectivity index (χ2n) is 1.14. The first kappa shape index (κ1) is 23.4. The zero-order valence-electron chi connectivity index (χ0n) is 11.2. The quantitative estimate of drug-likeness (QED) is 0.605. The molecular formula is C12H25N3. The van der Waals surface area contributed by atoms with Crippen molar-refractivity contribution in [3.05, 3.63) is 35.9 Å². The zero-order chi connectivity index (χ0) is 12.9. The molecule has 3 nitrogen and oxygen atoms in total. The normalized spacial score (nSPS) is 4.93. The Morgan fingerprint density at radius 1 is 0.800 bits per heavy atom. The van der Waals surface area contributed by atoms with Crippen LogP contribution in [0.4, 0.5) is 0 Å². The van der Waals surface area contributed by atoms with Gasteiger partial charge in [0.2, 0.25) is 7.05 Å². The number of nitrogens with zero attached hydrogens (tertiary/aromatic N) is 3. The summed E-state index contributed by atoms with van der Waals surface area (Å²) in [4.78, 5) is 2.75. The molecule has 0 N–H and O–H groups in total. The lowest BCUT2D eigenvalue weighted by Gasteiger charge is -1.69. The Hall–Kier alpha value is -1.43. The van der Waals surface area contributed by atoms with Gasteiger partial charge in [0, 0.05) is 12.4 Å². The lowest BCUT2D eigenvalue weighted by atomic mass is 10.6. The molecule has 0 spiro atoms. The summed E-state index contributed by atoms with van der Waals surface area (Å²) in [5.74, 6) is 0. The van der Waals surface area contributed by atoms with E-state index in [1.54, 1.807) is 12.4 Å². The molecule has 0 aromatic carbocycles. The van der Waals surface area contributed by atoms with Crippen LogP contribution in [0.5, 0.6) is 0 Å². The second-order valence-corrected chi connectivity index (χ2v) is 1.14. The molecule has 0 unspecified atom stereocenters. The molecule has 0 bridgehead atoms. The molecular weight excluding hydrogens is 186 g/mol. The van der Waals surface area contributed by atoms with Crippen LogP contribution in [0.2, 0.25) is 0 Å². The minimum Gasteiger partial charge on any atom is -0.320 e. The van der Waals surface area contributed by atoms with Crippen LogP contribution in [0.3, 0.4) is 0 Å². The van der Waals surface area contributed by atoms with Crippen molar-refractivity contribution in [3.8, 4) is 0 Å². The highest BCUT2D eigenvalue weighted by Gasteiger charge is 1.59. The molecule has 0 atom stereocenters. The molecule has 0 radical (unpaired) electrons. The van der Waals surface area contributed by atoms with Crippen molar-refractivity contribution in [1.82, 2.24) is 10.2 Å². The molecule has 1 rings (SSSR count). The maximum atomic E-state index is 5.83. The zero-order valence-corrected chi connectivity index (χ0v) is 11.2. The van der Waals surface area contributed by atoms with Crippen LogP contribution < -0.4 is 0 Å². The van der Waals surface area contributed by atoms with Crippen molar-refractivity contribution in [2.75, 3.05) is 7.05 Å². The highest BCUT2D eigenvalue weighted by molar-refractivity contribution is 4.79. The molecule has 0 amide bonds. The van der Waals surface area contributed by atoms with Crippen molar-refractivity contribution >= 4 is 0 Å². The van der Waals surface area contributed by atoms with Gasteiger partial charge in [-0.1, -0.05) is 41.5 Å². The summed E-state index contributed by atoms with van der Waals surface area (Å²) in [7, 11) is 1.42. The number of hydrogen-bond donors (Lipinski definition) is 0. The molecule has 0 aliphatic carbocycles. The highest BCUT2D eigenvalue weighted by Crippen LogP contribution is 1.68. The maximum Gasteiger partial charge on any atom is 0.205 e. The molecule has 1 aromatic heterocycles. The topological polar surface area (TPSA) is 30.1 Å². The third-order valence-corrected chi connectivity index (χ3v) is 0.483. The Morgan fingerprint density at radius 3 is 1.07 bits per heavy atom. The van der Waals surface area contributed by atoms with Crippen LogP contribution in [0.15, 0.2) is 24.5 Å². The van der Waals surface area contributed by atoms with E-state index in [1.165, 1.54) is 7.05 Å². The minimum absolute atomic E-state index is 1.42. The van der Waals surface area contributed by atoms with E-state index in [-0.39, 0.29) is 0 Å². The van der Waals surface area contributed by atoms with E-state index >= 15 is 0 Å². The molecule has 1 aromatic rings. The lowest BCUT2D eigenvalue weighted by Crippen LogP contribution is -1.69. The van der Waals surface area contributed by atoms with Crippen molar-refractivity contribution in [2.45, 2.75) is 41.5 Å². The maximum absolute atomic E-state index is 5.83. The van der Waals surface area contributed by atoms with E-state index < -0.39 is 0 Å². The third kappa shape index (κ3) is 67.2. The van der Waals surface area contributed by atoms with Gasteiger partial charge in [0.25, 0.3) is 0 Å². The van der Waals surface area contributed by atoms with E-state index in [0.29, 0.717) is 0 Å². The molecule has 3 heteroatoms. The Bertz CT molecular complexity index is 141. The van der Waals surface area contributed by atoms with Crippen molar-refractivity contribution < 1.29 is 0 Å². The van der Waals surface area contributed by atoms with E-state index in [9.17, 15) is 0 Å². The average molecular weight is 211 g/mol. The molecule has 0 aliphatic heterocycles. The predicted molar refractivity (Wildman–Crippen MR) is 68.6 cm³/mol. The van der Waals surface area contributed by atoms with Crippen LogP contribution >= 0.6 is 0 Å². The van der Waals surface area contributed by atoms with E-state index in [2.05, 4.69) is 15.0 Å². The van der Waals surface area contributed by atoms with E-state index in [1.807, 2.05) is 53.7 Å². The Kier molecular flexibility index (Phi) is 84.6. The fourth-order valence-corrected chi connectivity index (χ4v) is 0.253. The van der Waals surface area contributed by atoms with Crippen molar-refractivity contribution in [3.63, 3.8) is 0 Å². The standard InChI is InChI=1S/C4H4N2.C2H3N.3C2H6/c1-2-4-6-5-3-1;1-3-2;3*1-2/h1-4H;1H3;3*1-2H3. The molecule has 88 valence electrons. The van der Waals surface area contributed by atoms with Gasteiger partial charge in [-0.25, -0.2) is 6.57 Å². The molecule has 1 heterocycles. The first-order valence-corrected chi connectivity index (χ1v) is 5.39. The Balaban J connectivity index is -0.0000000585. The molecule has 0 fully saturated rings. The largest absolute Gasteiger partial charge is 0.320 e. The second kappa shape index (κ2) is 54.2. The van der Waals surface area contributed by atoms with Crippen molar-refractivity contribution in [1.29, 1.82) is 0 Å². The van der Waals surface area contributed by atoms with Crippen LogP contribution in [0.25, 0.3) is 4.85 Å². The van der Waals surface area contributed by atoms with Crippen molar-refractivity contribution in [2.24, 2.45) is 0 Å². The Labute approximate surface area is 95.4 Å². The monoisotopic (exact) mass is 211 g/mol. The molecule has 0 aliphatic rings. The van der Waals surface area contributed by atoms with Gasteiger partial charge in [-0.2, -0.15) is 10.2 Å². The average Bonchev–Trinajstić information content (AvgIpc) is 2.40. The third-order valence-electron chi connectivity index (χ3n) is 0.483. The molecule has 0 saturated carbocycles. The minimum atomic E-state index is 1.42. The summed E-state index contributed by atoms with van der Waals surface area (Å²) in [6, 6.07) is 3.65. The number of rotatable bonds is 0. The summed E-state index contributed by atoms with van der Waals surface area (Å²) in [5, 5.41) is 7.07. The SMILES string of the molecule is CC.CC.CC.[C-]#[N+]C.c1ccnnc1. The van der Waals surface area contributed by atoms with Gasteiger partial charge >= 0.3 is 0 Å². The summed E-state index contributed by atoms with van der Waals surface area (Å²) < 4.78 is 0. The van der Waals surface area contributed by atoms with Gasteiger partial charge in [-0.3, -0.25) is 0 Å². The van der Waals surface area contributed by atoms with E-state index in [0.717, 1.165) is 0 Å². The van der Waals surface area contributed by atoms with Gasteiger partial charge < -0.3 is 4.85 Å². The number of hydrogen-bond acceptors (Lipinski definition) is 2. The van der Waals surface area contributed by atoms with E-state index in [4.69, 9.17) is 6.57 Å².